The second-order valence-electron chi connectivity index (χ2n) is 4.10. The van der Waals surface area contributed by atoms with Gasteiger partial charge >= 0.3 is 0 Å². The minimum atomic E-state index is 0.00611. The van der Waals surface area contributed by atoms with Gasteiger partial charge in [0.25, 0.3) is 5.56 Å². The summed E-state index contributed by atoms with van der Waals surface area (Å²) < 4.78 is 0. The van der Waals surface area contributed by atoms with Crippen molar-refractivity contribution in [3.05, 3.63) is 27.4 Å². The predicted octanol–water partition coefficient (Wildman–Crippen LogP) is -0.351. The zero-order valence-corrected chi connectivity index (χ0v) is 9.62. The molecular formula is C11H18N4O. The molecule has 1 aliphatic heterocycles. The Labute approximate surface area is 94.7 Å². The number of aromatic nitrogens is 2. The van der Waals surface area contributed by atoms with Crippen molar-refractivity contribution in [1.29, 1.82) is 0 Å². The molecule has 0 unspecified atom stereocenters. The highest BCUT2D eigenvalue weighted by Crippen LogP contribution is 2.12. The van der Waals surface area contributed by atoms with E-state index in [1.54, 1.807) is 0 Å². The van der Waals surface area contributed by atoms with Crippen LogP contribution < -0.4 is 11.3 Å². The molecule has 0 radical (unpaired) electrons. The molecule has 16 heavy (non-hydrogen) atoms. The lowest BCUT2D eigenvalue weighted by Crippen LogP contribution is -2.36. The molecule has 0 aliphatic carbocycles. The molecule has 0 amide bonds. The first-order valence-corrected chi connectivity index (χ1v) is 5.78. The van der Waals surface area contributed by atoms with E-state index >= 15 is 0 Å². The lowest BCUT2D eigenvalue weighted by atomic mass is 10.1. The SMILES string of the molecule is CCN1CCc2nc(CCN)[nH]c(=O)c2C1. The molecule has 1 aliphatic rings. The summed E-state index contributed by atoms with van der Waals surface area (Å²) in [5, 5.41) is 0. The van der Waals surface area contributed by atoms with E-state index in [1.807, 2.05) is 0 Å². The van der Waals surface area contributed by atoms with Gasteiger partial charge in [0.2, 0.25) is 0 Å². The minimum Gasteiger partial charge on any atom is -0.330 e. The average molecular weight is 222 g/mol. The maximum atomic E-state index is 11.9. The predicted molar refractivity (Wildman–Crippen MR) is 62.3 cm³/mol. The number of nitrogens with zero attached hydrogens (tertiary/aromatic N) is 2. The molecule has 1 aromatic heterocycles. The Bertz CT molecular complexity index is 426. The molecule has 0 aromatic carbocycles. The van der Waals surface area contributed by atoms with Crippen LogP contribution >= 0.6 is 0 Å². The molecule has 0 spiro atoms. The number of aromatic amines is 1. The van der Waals surface area contributed by atoms with Gasteiger partial charge in [-0.1, -0.05) is 6.92 Å². The Kier molecular flexibility index (Phi) is 3.36. The maximum Gasteiger partial charge on any atom is 0.255 e. The van der Waals surface area contributed by atoms with Crippen LogP contribution in [0.15, 0.2) is 4.79 Å². The summed E-state index contributed by atoms with van der Waals surface area (Å²) >= 11 is 0. The summed E-state index contributed by atoms with van der Waals surface area (Å²) in [6.07, 6.45) is 1.50. The highest BCUT2D eigenvalue weighted by atomic mass is 16.1. The minimum absolute atomic E-state index is 0.00611. The van der Waals surface area contributed by atoms with Crippen molar-refractivity contribution < 1.29 is 0 Å². The van der Waals surface area contributed by atoms with Crippen molar-refractivity contribution in [3.8, 4) is 0 Å². The van der Waals surface area contributed by atoms with E-state index in [-0.39, 0.29) is 5.56 Å². The molecule has 2 rings (SSSR count). The molecular weight excluding hydrogens is 204 g/mol. The van der Waals surface area contributed by atoms with E-state index in [1.165, 1.54) is 0 Å². The fraction of sp³-hybridized carbons (Fsp3) is 0.636. The van der Waals surface area contributed by atoms with Crippen LogP contribution in [0.1, 0.15) is 24.0 Å². The van der Waals surface area contributed by atoms with Gasteiger partial charge in [-0.2, -0.15) is 0 Å². The summed E-state index contributed by atoms with van der Waals surface area (Å²) in [4.78, 5) is 21.4. The smallest absolute Gasteiger partial charge is 0.255 e. The van der Waals surface area contributed by atoms with Crippen LogP contribution in [0.5, 0.6) is 0 Å². The van der Waals surface area contributed by atoms with E-state index in [2.05, 4.69) is 21.8 Å². The van der Waals surface area contributed by atoms with Crippen molar-refractivity contribution in [1.82, 2.24) is 14.9 Å². The van der Waals surface area contributed by atoms with Crippen LogP contribution in [0.25, 0.3) is 0 Å². The molecule has 2 heterocycles. The Morgan fingerprint density at radius 2 is 2.38 bits per heavy atom. The quantitative estimate of drug-likeness (QED) is 0.733. The molecule has 0 bridgehead atoms. The largest absolute Gasteiger partial charge is 0.330 e. The van der Waals surface area contributed by atoms with E-state index < -0.39 is 0 Å². The van der Waals surface area contributed by atoms with Crippen LogP contribution in [0.3, 0.4) is 0 Å². The zero-order chi connectivity index (χ0) is 11.5. The summed E-state index contributed by atoms with van der Waals surface area (Å²) in [7, 11) is 0. The third-order valence-corrected chi connectivity index (χ3v) is 3.03. The van der Waals surface area contributed by atoms with Gasteiger partial charge in [0.15, 0.2) is 0 Å². The van der Waals surface area contributed by atoms with Gasteiger partial charge in [-0.05, 0) is 13.1 Å². The van der Waals surface area contributed by atoms with Crippen LogP contribution in [0.2, 0.25) is 0 Å². The van der Waals surface area contributed by atoms with Crippen molar-refractivity contribution in [2.45, 2.75) is 26.3 Å². The highest BCUT2D eigenvalue weighted by Gasteiger charge is 2.19. The van der Waals surface area contributed by atoms with Crippen LogP contribution in [0.4, 0.5) is 0 Å². The molecule has 5 heteroatoms. The first-order chi connectivity index (χ1) is 7.74. The molecule has 0 saturated carbocycles. The third kappa shape index (κ3) is 2.15. The number of fused-ring (bicyclic) bond motifs is 1. The summed E-state index contributed by atoms with van der Waals surface area (Å²) in [5.41, 5.74) is 7.25. The van der Waals surface area contributed by atoms with Crippen molar-refractivity contribution in [2.75, 3.05) is 19.6 Å². The maximum absolute atomic E-state index is 11.9. The van der Waals surface area contributed by atoms with Gasteiger partial charge in [-0.25, -0.2) is 4.98 Å². The molecule has 0 fully saturated rings. The lowest BCUT2D eigenvalue weighted by Gasteiger charge is -2.26. The fourth-order valence-corrected chi connectivity index (χ4v) is 2.06. The first kappa shape index (κ1) is 11.3. The number of nitrogens with one attached hydrogen (secondary N) is 1. The summed E-state index contributed by atoms with van der Waals surface area (Å²) in [6.45, 7) is 5.31. The fourth-order valence-electron chi connectivity index (χ4n) is 2.06. The second-order valence-corrected chi connectivity index (χ2v) is 4.10. The van der Waals surface area contributed by atoms with Gasteiger partial charge in [-0.15, -0.1) is 0 Å². The van der Waals surface area contributed by atoms with Gasteiger partial charge in [-0.3, -0.25) is 9.69 Å². The van der Waals surface area contributed by atoms with Gasteiger partial charge < -0.3 is 10.7 Å². The third-order valence-electron chi connectivity index (χ3n) is 3.03. The first-order valence-electron chi connectivity index (χ1n) is 5.78. The Balaban J connectivity index is 2.32. The molecule has 0 saturated heterocycles. The van der Waals surface area contributed by atoms with Crippen LogP contribution in [-0.4, -0.2) is 34.5 Å². The molecule has 5 nitrogen and oxygen atoms in total. The summed E-state index contributed by atoms with van der Waals surface area (Å²) in [6, 6.07) is 0. The topological polar surface area (TPSA) is 75.0 Å². The average Bonchev–Trinajstić information content (AvgIpc) is 2.29. The van der Waals surface area contributed by atoms with E-state index in [4.69, 9.17) is 5.73 Å². The Morgan fingerprint density at radius 1 is 1.56 bits per heavy atom. The second kappa shape index (κ2) is 4.76. The lowest BCUT2D eigenvalue weighted by molar-refractivity contribution is 0.263. The van der Waals surface area contributed by atoms with Crippen LogP contribution in [-0.2, 0) is 19.4 Å². The number of hydrogen-bond acceptors (Lipinski definition) is 4. The van der Waals surface area contributed by atoms with Crippen LogP contribution in [0, 0.1) is 0 Å². The van der Waals surface area contributed by atoms with Crippen molar-refractivity contribution in [2.24, 2.45) is 5.73 Å². The number of rotatable bonds is 3. The van der Waals surface area contributed by atoms with Gasteiger partial charge in [0.1, 0.15) is 5.82 Å². The number of hydrogen-bond donors (Lipinski definition) is 2. The Hall–Kier alpha value is -1.20. The molecule has 1 aromatic rings. The molecule has 88 valence electrons. The molecule has 3 N–H and O–H groups in total. The van der Waals surface area contributed by atoms with E-state index in [9.17, 15) is 4.79 Å². The van der Waals surface area contributed by atoms with Crippen molar-refractivity contribution >= 4 is 0 Å². The van der Waals surface area contributed by atoms with Crippen molar-refractivity contribution in [3.63, 3.8) is 0 Å². The van der Waals surface area contributed by atoms with E-state index in [0.29, 0.717) is 13.0 Å². The highest BCUT2D eigenvalue weighted by molar-refractivity contribution is 5.20. The Morgan fingerprint density at radius 3 is 3.06 bits per heavy atom. The number of nitrogens with two attached hydrogens (primary N) is 1. The molecule has 0 atom stereocenters. The monoisotopic (exact) mass is 222 g/mol. The number of likely N-dealkylation sites (N-methyl/N-ethyl adjacent to an activating group) is 1. The number of H-pyrrole nitrogens is 1. The standard InChI is InChI=1S/C11H18N4O/c1-2-15-6-4-9-8(7-15)11(16)14-10(13-9)3-5-12/h2-7,12H2,1H3,(H,13,14,16). The zero-order valence-electron chi connectivity index (χ0n) is 9.62. The van der Waals surface area contributed by atoms with E-state index in [0.717, 1.165) is 43.1 Å². The van der Waals surface area contributed by atoms with Gasteiger partial charge in [0, 0.05) is 25.9 Å². The van der Waals surface area contributed by atoms with Gasteiger partial charge in [0.05, 0.1) is 11.3 Å². The summed E-state index contributed by atoms with van der Waals surface area (Å²) in [5.74, 6) is 0.719. The normalized spacial score (nSPS) is 16.1.